The quantitative estimate of drug-likeness (QED) is 0.337. The van der Waals surface area contributed by atoms with E-state index in [1.165, 1.54) is 6.92 Å². The van der Waals surface area contributed by atoms with Crippen LogP contribution in [0.3, 0.4) is 0 Å². The summed E-state index contributed by atoms with van der Waals surface area (Å²) in [7, 11) is 0. The third-order valence-electron chi connectivity index (χ3n) is 6.20. The van der Waals surface area contributed by atoms with E-state index in [2.05, 4.69) is 36.6 Å². The first-order valence-electron chi connectivity index (χ1n) is 11.6. The van der Waals surface area contributed by atoms with Gasteiger partial charge in [-0.2, -0.15) is 9.61 Å². The Balaban J connectivity index is 1.29. The number of nitrogens with one attached hydrogen (secondary N) is 2. The number of aromatic hydroxyl groups is 1. The molecule has 5 rings (SSSR count). The fourth-order valence-corrected chi connectivity index (χ4v) is 4.73. The normalized spacial score (nSPS) is 14.1. The smallest absolute Gasteiger partial charge is 0.253 e. The predicted molar refractivity (Wildman–Crippen MR) is 141 cm³/mol. The Bertz CT molecular complexity index is 1430. The molecule has 4 aromatic rings. The largest absolute Gasteiger partial charge is 0.507 e. The molecule has 1 aliphatic heterocycles. The Labute approximate surface area is 216 Å². The lowest BCUT2D eigenvalue weighted by Crippen LogP contribution is -2.42. The van der Waals surface area contributed by atoms with Crippen LogP contribution >= 0.6 is 15.9 Å². The molecule has 3 N–H and O–H groups in total. The molecule has 2 amide bonds. The van der Waals surface area contributed by atoms with Crippen LogP contribution in [0.1, 0.15) is 30.1 Å². The van der Waals surface area contributed by atoms with Gasteiger partial charge in [0.15, 0.2) is 5.65 Å². The van der Waals surface area contributed by atoms with Crippen molar-refractivity contribution >= 4 is 44.9 Å². The summed E-state index contributed by atoms with van der Waals surface area (Å²) in [5, 5.41) is 21.1. The van der Waals surface area contributed by atoms with Gasteiger partial charge in [-0.15, -0.1) is 0 Å². The highest BCUT2D eigenvalue weighted by Gasteiger charge is 2.25. The van der Waals surface area contributed by atoms with E-state index in [-0.39, 0.29) is 23.6 Å². The van der Waals surface area contributed by atoms with Crippen LogP contribution in [0, 0.1) is 0 Å². The van der Waals surface area contributed by atoms with Crippen LogP contribution in [0.5, 0.6) is 5.75 Å². The van der Waals surface area contributed by atoms with Crippen molar-refractivity contribution in [3.05, 3.63) is 70.8 Å². The Morgan fingerprint density at radius 3 is 2.50 bits per heavy atom. The molecule has 1 fully saturated rings. The topological polar surface area (TPSA) is 112 Å². The summed E-state index contributed by atoms with van der Waals surface area (Å²) < 4.78 is 2.50. The molecule has 0 unspecified atom stereocenters. The first kappa shape index (κ1) is 23.8. The van der Waals surface area contributed by atoms with Gasteiger partial charge < -0.3 is 20.6 Å². The fraction of sp³-hybridized carbons (Fsp3) is 0.231. The van der Waals surface area contributed by atoms with E-state index >= 15 is 0 Å². The number of anilines is 2. The van der Waals surface area contributed by atoms with Crippen molar-refractivity contribution in [2.24, 2.45) is 0 Å². The highest BCUT2D eigenvalue weighted by Crippen LogP contribution is 2.31. The van der Waals surface area contributed by atoms with E-state index in [0.29, 0.717) is 41.2 Å². The van der Waals surface area contributed by atoms with Gasteiger partial charge in [0.05, 0.1) is 16.4 Å². The maximum atomic E-state index is 13.0. The van der Waals surface area contributed by atoms with Crippen molar-refractivity contribution in [2.45, 2.75) is 25.8 Å². The molecule has 9 nitrogen and oxygen atoms in total. The zero-order valence-corrected chi connectivity index (χ0v) is 21.2. The lowest BCUT2D eigenvalue weighted by Gasteiger charge is -2.33. The number of fused-ring (bicyclic) bond motifs is 1. The van der Waals surface area contributed by atoms with Gasteiger partial charge in [-0.05, 0) is 65.2 Å². The third-order valence-corrected chi connectivity index (χ3v) is 6.75. The van der Waals surface area contributed by atoms with E-state index in [4.69, 9.17) is 0 Å². The number of hydrogen-bond acceptors (Lipinski definition) is 6. The molecule has 0 saturated carbocycles. The van der Waals surface area contributed by atoms with Crippen molar-refractivity contribution in [1.29, 1.82) is 0 Å². The maximum absolute atomic E-state index is 13.0. The summed E-state index contributed by atoms with van der Waals surface area (Å²) in [6, 6.07) is 16.1. The highest BCUT2D eigenvalue weighted by atomic mass is 79.9. The van der Waals surface area contributed by atoms with Crippen molar-refractivity contribution in [3.63, 3.8) is 0 Å². The Morgan fingerprint density at radius 1 is 1.08 bits per heavy atom. The molecule has 1 aliphatic rings. The van der Waals surface area contributed by atoms with Crippen molar-refractivity contribution in [2.75, 3.05) is 23.7 Å². The van der Waals surface area contributed by atoms with Crippen LogP contribution in [0.2, 0.25) is 0 Å². The predicted octanol–water partition coefficient (Wildman–Crippen LogP) is 4.54. The second kappa shape index (κ2) is 9.98. The summed E-state index contributed by atoms with van der Waals surface area (Å²) in [6.45, 7) is 2.69. The minimum absolute atomic E-state index is 0.0213. The number of rotatable bonds is 5. The van der Waals surface area contributed by atoms with Gasteiger partial charge in [0.1, 0.15) is 11.6 Å². The minimum Gasteiger partial charge on any atom is -0.507 e. The summed E-state index contributed by atoms with van der Waals surface area (Å²) in [5.74, 6) is 0.757. The van der Waals surface area contributed by atoms with E-state index in [9.17, 15) is 14.7 Å². The van der Waals surface area contributed by atoms with Gasteiger partial charge >= 0.3 is 0 Å². The highest BCUT2D eigenvalue weighted by molar-refractivity contribution is 9.10. The monoisotopic (exact) mass is 548 g/mol. The van der Waals surface area contributed by atoms with Gasteiger partial charge in [-0.3, -0.25) is 9.59 Å². The number of piperidine rings is 1. The summed E-state index contributed by atoms with van der Waals surface area (Å²) in [6.07, 6.45) is 3.24. The van der Waals surface area contributed by atoms with E-state index < -0.39 is 0 Å². The number of carbonyl (C=O) groups excluding carboxylic acids is 2. The molecule has 36 heavy (non-hydrogen) atoms. The second-order valence-corrected chi connectivity index (χ2v) is 9.60. The average molecular weight is 549 g/mol. The van der Waals surface area contributed by atoms with Gasteiger partial charge in [0.2, 0.25) is 5.91 Å². The molecule has 2 aromatic carbocycles. The maximum Gasteiger partial charge on any atom is 0.253 e. The number of benzene rings is 2. The lowest BCUT2D eigenvalue weighted by atomic mass is 10.0. The van der Waals surface area contributed by atoms with Gasteiger partial charge in [-0.1, -0.05) is 12.1 Å². The van der Waals surface area contributed by atoms with Gasteiger partial charge in [-0.25, -0.2) is 4.98 Å². The number of aromatic nitrogens is 3. The molecule has 10 heteroatoms. The van der Waals surface area contributed by atoms with Crippen LogP contribution in [0.15, 0.2) is 65.3 Å². The van der Waals surface area contributed by atoms with E-state index in [0.717, 1.165) is 23.1 Å². The Kier molecular flexibility index (Phi) is 6.60. The minimum atomic E-state index is -0.148. The number of phenols is 1. The molecule has 0 atom stereocenters. The molecule has 0 spiro atoms. The number of para-hydroxylation sites is 1. The molecule has 0 bridgehead atoms. The van der Waals surface area contributed by atoms with Crippen LogP contribution in [-0.2, 0) is 4.79 Å². The van der Waals surface area contributed by atoms with Gasteiger partial charge in [0, 0.05) is 48.9 Å². The number of amides is 2. The Morgan fingerprint density at radius 2 is 1.81 bits per heavy atom. The molecule has 1 saturated heterocycles. The first-order valence-corrected chi connectivity index (χ1v) is 12.4. The molecule has 2 aromatic heterocycles. The number of phenolic OH excluding ortho intramolecular Hbond substituents is 1. The SMILES string of the molecule is CC(=O)Nc1ccc(C(=O)N2CCC(Nc3cc(-c4ccccc4O)nc4c(Br)cnn34)CC2)cc1. The van der Waals surface area contributed by atoms with Crippen LogP contribution in [0.25, 0.3) is 16.9 Å². The molecule has 184 valence electrons. The van der Waals surface area contributed by atoms with Crippen molar-refractivity contribution < 1.29 is 14.7 Å². The first-order chi connectivity index (χ1) is 17.4. The third kappa shape index (κ3) is 4.90. The standard InChI is InChI=1S/C26H25BrN6O3/c1-16(34)29-18-8-6-17(7-9-18)26(36)32-12-10-19(11-13-32)30-24-14-22(20-4-2-3-5-23(20)35)31-25-21(27)15-28-33(24)25/h2-9,14-15,19,30,35H,10-13H2,1H3,(H,29,34). The summed E-state index contributed by atoms with van der Waals surface area (Å²) in [4.78, 5) is 30.7. The van der Waals surface area contributed by atoms with Crippen LogP contribution in [0.4, 0.5) is 11.5 Å². The number of likely N-dealkylation sites (tertiary alicyclic amines) is 1. The fourth-order valence-electron chi connectivity index (χ4n) is 4.39. The molecular formula is C26H25BrN6O3. The molecule has 0 radical (unpaired) electrons. The van der Waals surface area contributed by atoms with Crippen molar-refractivity contribution in [1.82, 2.24) is 19.5 Å². The van der Waals surface area contributed by atoms with Gasteiger partial charge in [0.25, 0.3) is 5.91 Å². The summed E-state index contributed by atoms with van der Waals surface area (Å²) >= 11 is 3.51. The Hall–Kier alpha value is -3.92. The average Bonchev–Trinajstić information content (AvgIpc) is 3.25. The zero-order valence-electron chi connectivity index (χ0n) is 19.6. The molecular weight excluding hydrogens is 524 g/mol. The van der Waals surface area contributed by atoms with Crippen molar-refractivity contribution in [3.8, 4) is 17.0 Å². The molecule has 3 heterocycles. The number of hydrogen-bond donors (Lipinski definition) is 3. The number of nitrogens with zero attached hydrogens (tertiary/aromatic N) is 4. The summed E-state index contributed by atoms with van der Waals surface area (Å²) in [5.41, 5.74) is 3.19. The van der Waals surface area contributed by atoms with Crippen LogP contribution in [-0.4, -0.2) is 55.6 Å². The molecule has 0 aliphatic carbocycles. The van der Waals surface area contributed by atoms with E-state index in [1.54, 1.807) is 47.1 Å². The lowest BCUT2D eigenvalue weighted by molar-refractivity contribution is -0.114. The van der Waals surface area contributed by atoms with E-state index in [1.807, 2.05) is 23.1 Å². The zero-order chi connectivity index (χ0) is 25.2. The van der Waals surface area contributed by atoms with Crippen LogP contribution < -0.4 is 10.6 Å². The second-order valence-electron chi connectivity index (χ2n) is 8.74. The number of halogens is 1. The number of carbonyl (C=O) groups is 2.